The van der Waals surface area contributed by atoms with Crippen molar-refractivity contribution in [2.75, 3.05) is 13.2 Å². The van der Waals surface area contributed by atoms with Crippen LogP contribution < -0.4 is 0 Å². The highest BCUT2D eigenvalue weighted by Crippen LogP contribution is 2.10. The van der Waals surface area contributed by atoms with Gasteiger partial charge in [-0.2, -0.15) is 0 Å². The maximum atomic E-state index is 11.6. The molecule has 0 rings (SSSR count). The van der Waals surface area contributed by atoms with Gasteiger partial charge in [0.25, 0.3) is 0 Å². The molecule has 0 heterocycles. The third kappa shape index (κ3) is 12.8. The van der Waals surface area contributed by atoms with E-state index >= 15 is 0 Å². The van der Waals surface area contributed by atoms with Gasteiger partial charge in [0.15, 0.2) is 0 Å². The SMILES string of the molecule is CCCCCCOC(=O)/C=C(/I)C(=O)OCCCCCC. The fourth-order valence-corrected chi connectivity index (χ4v) is 2.08. The average Bonchev–Trinajstić information content (AvgIpc) is 2.46. The van der Waals surface area contributed by atoms with Gasteiger partial charge in [-0.15, -0.1) is 0 Å². The molecular formula is C16H27IO4. The Bertz CT molecular complexity index is 326. The van der Waals surface area contributed by atoms with Crippen molar-refractivity contribution in [3.05, 3.63) is 9.66 Å². The van der Waals surface area contributed by atoms with Gasteiger partial charge in [0, 0.05) is 6.08 Å². The van der Waals surface area contributed by atoms with Crippen LogP contribution in [0, 0.1) is 0 Å². The number of ether oxygens (including phenoxy) is 2. The summed E-state index contributed by atoms with van der Waals surface area (Å²) in [6.45, 7) is 5.08. The van der Waals surface area contributed by atoms with E-state index in [1.165, 1.54) is 6.08 Å². The third-order valence-corrected chi connectivity index (χ3v) is 3.66. The predicted octanol–water partition coefficient (Wildman–Crippen LogP) is 4.55. The van der Waals surface area contributed by atoms with Crippen LogP contribution >= 0.6 is 22.6 Å². The number of rotatable bonds is 12. The second kappa shape index (κ2) is 14.4. The van der Waals surface area contributed by atoms with Crippen molar-refractivity contribution in [1.82, 2.24) is 0 Å². The number of unbranched alkanes of at least 4 members (excludes halogenated alkanes) is 6. The summed E-state index contributed by atoms with van der Waals surface area (Å²) in [5, 5.41) is 0. The molecule has 21 heavy (non-hydrogen) atoms. The van der Waals surface area contributed by atoms with Crippen LogP contribution in [0.2, 0.25) is 0 Å². The molecule has 0 aliphatic heterocycles. The molecule has 0 unspecified atom stereocenters. The minimum absolute atomic E-state index is 0.265. The maximum Gasteiger partial charge on any atom is 0.344 e. The minimum Gasteiger partial charge on any atom is -0.463 e. The van der Waals surface area contributed by atoms with Gasteiger partial charge in [0.05, 0.1) is 13.2 Å². The smallest absolute Gasteiger partial charge is 0.344 e. The molecule has 5 heteroatoms. The van der Waals surface area contributed by atoms with Crippen LogP contribution in [0.5, 0.6) is 0 Å². The Labute approximate surface area is 141 Å². The zero-order valence-electron chi connectivity index (χ0n) is 13.2. The number of hydrogen-bond donors (Lipinski definition) is 0. The molecule has 0 aliphatic carbocycles. The lowest BCUT2D eigenvalue weighted by atomic mass is 10.2. The Morgan fingerprint density at radius 2 is 1.38 bits per heavy atom. The monoisotopic (exact) mass is 410 g/mol. The van der Waals surface area contributed by atoms with Gasteiger partial charge < -0.3 is 9.47 Å². The summed E-state index contributed by atoms with van der Waals surface area (Å²) in [6.07, 6.45) is 9.65. The first-order chi connectivity index (χ1) is 10.1. The van der Waals surface area contributed by atoms with Crippen molar-refractivity contribution < 1.29 is 19.1 Å². The highest BCUT2D eigenvalue weighted by molar-refractivity contribution is 14.1. The highest BCUT2D eigenvalue weighted by atomic mass is 127. The lowest BCUT2D eigenvalue weighted by Gasteiger charge is -2.04. The summed E-state index contributed by atoms with van der Waals surface area (Å²) in [5.41, 5.74) is 0. The van der Waals surface area contributed by atoms with Gasteiger partial charge in [0.1, 0.15) is 3.58 Å². The van der Waals surface area contributed by atoms with Gasteiger partial charge in [-0.3, -0.25) is 0 Å². The van der Waals surface area contributed by atoms with Gasteiger partial charge >= 0.3 is 11.9 Å². The number of hydrogen-bond acceptors (Lipinski definition) is 4. The molecule has 0 bridgehead atoms. The second-order valence-corrected chi connectivity index (χ2v) is 6.08. The first kappa shape index (κ1) is 20.4. The van der Waals surface area contributed by atoms with E-state index in [1.807, 2.05) is 22.6 Å². The molecule has 122 valence electrons. The van der Waals surface area contributed by atoms with Crippen LogP contribution in [0.15, 0.2) is 9.66 Å². The Hall–Kier alpha value is -0.590. The second-order valence-electron chi connectivity index (χ2n) is 4.92. The first-order valence-corrected chi connectivity index (χ1v) is 8.90. The molecule has 0 aromatic rings. The quantitative estimate of drug-likeness (QED) is 0.205. The summed E-state index contributed by atoms with van der Waals surface area (Å²) in [5.74, 6) is -0.922. The first-order valence-electron chi connectivity index (χ1n) is 7.82. The van der Waals surface area contributed by atoms with Crippen molar-refractivity contribution in [3.8, 4) is 0 Å². The van der Waals surface area contributed by atoms with E-state index in [9.17, 15) is 9.59 Å². The van der Waals surface area contributed by atoms with E-state index in [-0.39, 0.29) is 3.58 Å². The zero-order valence-corrected chi connectivity index (χ0v) is 15.3. The topological polar surface area (TPSA) is 52.6 Å². The van der Waals surface area contributed by atoms with E-state index in [2.05, 4.69) is 13.8 Å². The molecule has 0 saturated carbocycles. The van der Waals surface area contributed by atoms with Crippen molar-refractivity contribution in [2.45, 2.75) is 65.2 Å². The molecule has 0 radical (unpaired) electrons. The number of carbonyl (C=O) groups excluding carboxylic acids is 2. The predicted molar refractivity (Wildman–Crippen MR) is 92.3 cm³/mol. The summed E-state index contributed by atoms with van der Waals surface area (Å²) >= 11 is 1.81. The van der Waals surface area contributed by atoms with Crippen LogP contribution in [-0.2, 0) is 19.1 Å². The molecule has 0 fully saturated rings. The molecule has 0 N–H and O–H groups in total. The van der Waals surface area contributed by atoms with Crippen molar-refractivity contribution >= 4 is 34.5 Å². The van der Waals surface area contributed by atoms with Crippen LogP contribution in [0.25, 0.3) is 0 Å². The summed E-state index contributed by atoms with van der Waals surface area (Å²) in [6, 6.07) is 0. The normalized spacial score (nSPS) is 11.3. The number of carbonyl (C=O) groups is 2. The summed E-state index contributed by atoms with van der Waals surface area (Å²) in [4.78, 5) is 23.1. The van der Waals surface area contributed by atoms with Crippen LogP contribution in [0.4, 0.5) is 0 Å². The number of esters is 2. The zero-order chi connectivity index (χ0) is 15.9. The van der Waals surface area contributed by atoms with E-state index in [0.29, 0.717) is 13.2 Å². The number of halogens is 1. The summed E-state index contributed by atoms with van der Waals surface area (Å²) in [7, 11) is 0. The Morgan fingerprint density at radius 1 is 0.857 bits per heavy atom. The molecule has 0 amide bonds. The van der Waals surface area contributed by atoms with Crippen molar-refractivity contribution in [2.24, 2.45) is 0 Å². The van der Waals surface area contributed by atoms with Gasteiger partial charge in [-0.1, -0.05) is 52.4 Å². The van der Waals surface area contributed by atoms with Crippen LogP contribution in [-0.4, -0.2) is 25.2 Å². The van der Waals surface area contributed by atoms with E-state index < -0.39 is 11.9 Å². The molecular weight excluding hydrogens is 383 g/mol. The van der Waals surface area contributed by atoms with Crippen molar-refractivity contribution in [1.29, 1.82) is 0 Å². The maximum absolute atomic E-state index is 11.6. The lowest BCUT2D eigenvalue weighted by molar-refractivity contribution is -0.140. The van der Waals surface area contributed by atoms with E-state index in [1.54, 1.807) is 0 Å². The third-order valence-electron chi connectivity index (χ3n) is 2.91. The molecule has 0 saturated heterocycles. The van der Waals surface area contributed by atoms with Crippen LogP contribution in [0.3, 0.4) is 0 Å². The summed E-state index contributed by atoms with van der Waals surface area (Å²) < 4.78 is 10.4. The molecule has 0 aliphatic rings. The van der Waals surface area contributed by atoms with Crippen molar-refractivity contribution in [3.63, 3.8) is 0 Å². The fourth-order valence-electron chi connectivity index (χ4n) is 1.67. The fraction of sp³-hybridized carbons (Fsp3) is 0.750. The van der Waals surface area contributed by atoms with Gasteiger partial charge in [-0.25, -0.2) is 9.59 Å². The van der Waals surface area contributed by atoms with Gasteiger partial charge in [-0.05, 0) is 35.4 Å². The van der Waals surface area contributed by atoms with Crippen LogP contribution in [0.1, 0.15) is 65.2 Å². The molecule has 0 spiro atoms. The Morgan fingerprint density at radius 3 is 1.90 bits per heavy atom. The molecule has 0 atom stereocenters. The standard InChI is InChI=1S/C16H27IO4/c1-3-5-7-9-11-20-15(18)13-14(17)16(19)21-12-10-8-6-4-2/h13H,3-12H2,1-2H3/b14-13+. The minimum atomic E-state index is -0.473. The molecule has 0 aromatic carbocycles. The molecule has 0 aromatic heterocycles. The molecule has 4 nitrogen and oxygen atoms in total. The Kier molecular flexibility index (Phi) is 13.9. The largest absolute Gasteiger partial charge is 0.463 e. The highest BCUT2D eigenvalue weighted by Gasteiger charge is 2.10. The average molecular weight is 410 g/mol. The van der Waals surface area contributed by atoms with E-state index in [4.69, 9.17) is 9.47 Å². The van der Waals surface area contributed by atoms with E-state index in [0.717, 1.165) is 51.4 Å². The Balaban J connectivity index is 3.81. The lowest BCUT2D eigenvalue weighted by Crippen LogP contribution is -2.09. The van der Waals surface area contributed by atoms with Gasteiger partial charge in [0.2, 0.25) is 0 Å².